The van der Waals surface area contributed by atoms with E-state index >= 15 is 0 Å². The molecule has 0 aliphatic carbocycles. The van der Waals surface area contributed by atoms with E-state index in [0.717, 1.165) is 13.8 Å². The van der Waals surface area contributed by atoms with E-state index in [1.807, 2.05) is 5.43 Å². The van der Waals surface area contributed by atoms with Gasteiger partial charge >= 0.3 is 0 Å². The first-order valence-corrected chi connectivity index (χ1v) is 5.12. The molecule has 0 heterocycles. The predicted octanol–water partition coefficient (Wildman–Crippen LogP) is -3.72. The van der Waals surface area contributed by atoms with E-state index in [1.54, 1.807) is 0 Å². The van der Waals surface area contributed by atoms with E-state index in [-0.39, 0.29) is 0 Å². The Kier molecular flexibility index (Phi) is 6.73. The number of rotatable bonds is 5. The molecular weight excluding hydrogens is 248 g/mol. The highest BCUT2D eigenvalue weighted by Crippen LogP contribution is 2.08. The molecule has 0 saturated carbocycles. The average molecular weight is 266 g/mol. The van der Waals surface area contributed by atoms with Crippen molar-refractivity contribution in [1.82, 2.24) is 10.4 Å². The van der Waals surface area contributed by atoms with Crippen molar-refractivity contribution in [3.8, 4) is 0 Å². The van der Waals surface area contributed by atoms with E-state index in [2.05, 4.69) is 0 Å². The Balaban J connectivity index is 4.80. The molecule has 0 fully saturated rings. The van der Waals surface area contributed by atoms with Gasteiger partial charge in [0.2, 0.25) is 11.8 Å². The van der Waals surface area contributed by atoms with Crippen LogP contribution in [0.3, 0.4) is 0 Å². The fraction of sp³-hybridized carbons (Fsp3) is 0.778. The van der Waals surface area contributed by atoms with Crippen LogP contribution in [0.5, 0.6) is 0 Å². The first-order valence-electron chi connectivity index (χ1n) is 5.12. The summed E-state index contributed by atoms with van der Waals surface area (Å²) in [6, 6.07) is 0. The third kappa shape index (κ3) is 4.55. The van der Waals surface area contributed by atoms with Crippen molar-refractivity contribution < 1.29 is 35.1 Å². The van der Waals surface area contributed by atoms with Gasteiger partial charge in [0.15, 0.2) is 6.23 Å². The van der Waals surface area contributed by atoms with Crippen molar-refractivity contribution in [3.63, 3.8) is 0 Å². The number of hydrogen-bond donors (Lipinski definition) is 6. The largest absolute Gasteiger partial charge is 0.394 e. The second-order valence-corrected chi connectivity index (χ2v) is 3.70. The molecule has 0 bridgehead atoms. The summed E-state index contributed by atoms with van der Waals surface area (Å²) in [5.41, 5.74) is 1.95. The third-order valence-electron chi connectivity index (χ3n) is 2.12. The van der Waals surface area contributed by atoms with Crippen molar-refractivity contribution in [2.24, 2.45) is 0 Å². The minimum atomic E-state index is -1.97. The van der Waals surface area contributed by atoms with Crippen LogP contribution in [0.2, 0.25) is 0 Å². The highest BCUT2D eigenvalue weighted by Gasteiger charge is 2.35. The molecule has 1 unspecified atom stereocenters. The molecule has 4 atom stereocenters. The molecule has 106 valence electrons. The molecule has 0 aromatic rings. The standard InChI is InChI=1S/C9H18N2O7/c1-4(13)10-11(5(2)14)9(18)8(17)7(16)6(15)3-12/h6-9,12,15-18H,3H2,1-2H3,(H,10,13)/t6-,7-,8-,9?/m1/s1. The van der Waals surface area contributed by atoms with E-state index < -0.39 is 43.0 Å². The molecule has 6 N–H and O–H groups in total. The molecule has 2 amide bonds. The summed E-state index contributed by atoms with van der Waals surface area (Å²) < 4.78 is 0. The minimum Gasteiger partial charge on any atom is -0.394 e. The monoisotopic (exact) mass is 266 g/mol. The molecule has 0 radical (unpaired) electrons. The van der Waals surface area contributed by atoms with Crippen LogP contribution in [-0.2, 0) is 9.59 Å². The molecule has 18 heavy (non-hydrogen) atoms. The number of nitrogens with zero attached hydrogens (tertiary/aromatic N) is 1. The van der Waals surface area contributed by atoms with Crippen LogP contribution in [-0.4, -0.2) is 73.5 Å². The summed E-state index contributed by atoms with van der Waals surface area (Å²) >= 11 is 0. The van der Waals surface area contributed by atoms with Gasteiger partial charge in [-0.2, -0.15) is 0 Å². The lowest BCUT2D eigenvalue weighted by Gasteiger charge is -2.32. The number of nitrogens with one attached hydrogen (secondary N) is 1. The zero-order valence-corrected chi connectivity index (χ0v) is 10.0. The van der Waals surface area contributed by atoms with Crippen molar-refractivity contribution in [2.75, 3.05) is 6.61 Å². The smallest absolute Gasteiger partial charge is 0.240 e. The number of hydrazine groups is 1. The Bertz CT molecular complexity index is 299. The van der Waals surface area contributed by atoms with E-state index in [0.29, 0.717) is 5.01 Å². The predicted molar refractivity (Wildman–Crippen MR) is 57.4 cm³/mol. The summed E-state index contributed by atoms with van der Waals surface area (Å²) in [5.74, 6) is -1.46. The molecule has 0 saturated heterocycles. The molecule has 0 aliphatic heterocycles. The molecule has 9 nitrogen and oxygen atoms in total. The average Bonchev–Trinajstić information content (AvgIpc) is 2.31. The number of hydrogen-bond acceptors (Lipinski definition) is 7. The zero-order valence-electron chi connectivity index (χ0n) is 10.0. The van der Waals surface area contributed by atoms with Gasteiger partial charge in [-0.25, -0.2) is 5.01 Å². The quantitative estimate of drug-likeness (QED) is 0.221. The topological polar surface area (TPSA) is 151 Å². The molecule has 9 heteroatoms. The highest BCUT2D eigenvalue weighted by molar-refractivity contribution is 5.79. The Labute approximate surface area is 103 Å². The summed E-state index contributed by atoms with van der Waals surface area (Å²) in [5, 5.41) is 46.5. The van der Waals surface area contributed by atoms with Gasteiger partial charge in [0, 0.05) is 13.8 Å². The Morgan fingerprint density at radius 2 is 1.61 bits per heavy atom. The second kappa shape index (κ2) is 7.24. The number of carbonyl (C=O) groups is 2. The lowest BCUT2D eigenvalue weighted by Crippen LogP contribution is -2.59. The number of aliphatic hydroxyl groups is 5. The van der Waals surface area contributed by atoms with E-state index in [4.69, 9.17) is 10.2 Å². The van der Waals surface area contributed by atoms with Crippen LogP contribution < -0.4 is 5.43 Å². The fourth-order valence-corrected chi connectivity index (χ4v) is 1.17. The maximum atomic E-state index is 11.1. The van der Waals surface area contributed by atoms with Crippen LogP contribution in [0.1, 0.15) is 13.8 Å². The van der Waals surface area contributed by atoms with Gasteiger partial charge in [-0.15, -0.1) is 0 Å². The molecule has 0 aliphatic rings. The van der Waals surface area contributed by atoms with Crippen LogP contribution in [0.25, 0.3) is 0 Å². The van der Waals surface area contributed by atoms with Gasteiger partial charge < -0.3 is 25.5 Å². The number of carbonyl (C=O) groups excluding carboxylic acids is 2. The van der Waals surface area contributed by atoms with Gasteiger partial charge in [-0.05, 0) is 0 Å². The fourth-order valence-electron chi connectivity index (χ4n) is 1.17. The number of aliphatic hydroxyl groups excluding tert-OH is 5. The summed E-state index contributed by atoms with van der Waals surface area (Å²) in [4.78, 5) is 21.9. The molecule has 0 aromatic heterocycles. The SMILES string of the molecule is CC(=O)NN(C(C)=O)C(O)[C@H](O)[C@H](O)[C@H](O)CO. The van der Waals surface area contributed by atoms with Crippen LogP contribution in [0, 0.1) is 0 Å². The van der Waals surface area contributed by atoms with Crippen molar-refractivity contribution in [3.05, 3.63) is 0 Å². The Morgan fingerprint density at radius 1 is 1.11 bits per heavy atom. The molecular formula is C9H18N2O7. The maximum absolute atomic E-state index is 11.1. The molecule has 0 aromatic carbocycles. The Morgan fingerprint density at radius 3 is 1.94 bits per heavy atom. The summed E-state index contributed by atoms with van der Waals surface area (Å²) in [7, 11) is 0. The van der Waals surface area contributed by atoms with Gasteiger partial charge in [0.05, 0.1) is 6.61 Å². The van der Waals surface area contributed by atoms with Gasteiger partial charge in [0.1, 0.15) is 18.3 Å². The van der Waals surface area contributed by atoms with Gasteiger partial charge in [0.25, 0.3) is 0 Å². The first kappa shape index (κ1) is 16.7. The van der Waals surface area contributed by atoms with E-state index in [1.165, 1.54) is 0 Å². The second-order valence-electron chi connectivity index (χ2n) is 3.70. The normalized spacial score (nSPS) is 17.5. The molecule has 0 spiro atoms. The lowest BCUT2D eigenvalue weighted by atomic mass is 10.1. The first-order chi connectivity index (χ1) is 8.22. The number of amides is 2. The Hall–Kier alpha value is -1.26. The summed E-state index contributed by atoms with van der Waals surface area (Å²) in [6.45, 7) is 1.25. The van der Waals surface area contributed by atoms with Crippen molar-refractivity contribution >= 4 is 11.8 Å². The lowest BCUT2D eigenvalue weighted by molar-refractivity contribution is -0.181. The van der Waals surface area contributed by atoms with Gasteiger partial charge in [-0.3, -0.25) is 15.0 Å². The third-order valence-corrected chi connectivity index (χ3v) is 2.12. The van der Waals surface area contributed by atoms with Gasteiger partial charge in [-0.1, -0.05) is 0 Å². The summed E-state index contributed by atoms with van der Waals surface area (Å²) in [6.07, 6.45) is -7.52. The van der Waals surface area contributed by atoms with E-state index in [9.17, 15) is 24.9 Å². The van der Waals surface area contributed by atoms with Crippen molar-refractivity contribution in [1.29, 1.82) is 0 Å². The van der Waals surface area contributed by atoms with Crippen LogP contribution in [0.15, 0.2) is 0 Å². The van der Waals surface area contributed by atoms with Crippen molar-refractivity contribution in [2.45, 2.75) is 38.4 Å². The van der Waals surface area contributed by atoms with Crippen LogP contribution in [0.4, 0.5) is 0 Å². The maximum Gasteiger partial charge on any atom is 0.240 e. The van der Waals surface area contributed by atoms with Crippen LogP contribution >= 0.6 is 0 Å². The molecule has 0 rings (SSSR count). The minimum absolute atomic E-state index is 0.403. The highest BCUT2D eigenvalue weighted by atomic mass is 16.4. The zero-order chi connectivity index (χ0) is 14.5.